The maximum atomic E-state index is 12.3. The normalized spacial score (nSPS) is 11.2. The average molecular weight is 299 g/mol. The minimum atomic E-state index is -4.00. The second-order valence-electron chi connectivity index (χ2n) is 3.90. The second kappa shape index (κ2) is 6.31. The fraction of sp³-hybridized carbons (Fsp3) is 0.364. The number of sulfonamides is 1. The largest absolute Gasteiger partial charge is 0.502 e. The van der Waals surface area contributed by atoms with Crippen LogP contribution >= 0.6 is 0 Å². The number of phenols is 1. The molecule has 20 heavy (non-hydrogen) atoms. The number of nitriles is 1. The SMILES string of the molecule is CCCN(CC#N)S(=O)(=O)c1ccc(O)c([N+](=O)[O-])c1. The molecule has 0 spiro atoms. The Hall–Kier alpha value is -2.18. The molecule has 0 aliphatic rings. The van der Waals surface area contributed by atoms with Gasteiger partial charge in [0.15, 0.2) is 5.75 Å². The second-order valence-corrected chi connectivity index (χ2v) is 5.84. The quantitative estimate of drug-likeness (QED) is 0.478. The summed E-state index contributed by atoms with van der Waals surface area (Å²) in [6, 6.07) is 4.54. The molecule has 1 rings (SSSR count). The minimum absolute atomic E-state index is 0.130. The highest BCUT2D eigenvalue weighted by molar-refractivity contribution is 7.89. The maximum absolute atomic E-state index is 12.3. The summed E-state index contributed by atoms with van der Waals surface area (Å²) < 4.78 is 25.5. The Morgan fingerprint density at radius 2 is 2.15 bits per heavy atom. The summed E-state index contributed by atoms with van der Waals surface area (Å²) in [7, 11) is -4.00. The van der Waals surface area contributed by atoms with Crippen LogP contribution in [0.1, 0.15) is 13.3 Å². The third-order valence-corrected chi connectivity index (χ3v) is 4.34. The van der Waals surface area contributed by atoms with E-state index >= 15 is 0 Å². The van der Waals surface area contributed by atoms with Gasteiger partial charge in [-0.3, -0.25) is 10.1 Å². The zero-order valence-electron chi connectivity index (χ0n) is 10.7. The van der Waals surface area contributed by atoms with Crippen molar-refractivity contribution in [3.8, 4) is 11.8 Å². The molecule has 0 aromatic heterocycles. The van der Waals surface area contributed by atoms with Crippen molar-refractivity contribution >= 4 is 15.7 Å². The van der Waals surface area contributed by atoms with Gasteiger partial charge in [0.25, 0.3) is 0 Å². The Balaban J connectivity index is 3.31. The molecule has 1 aromatic carbocycles. The van der Waals surface area contributed by atoms with Crippen molar-refractivity contribution in [3.63, 3.8) is 0 Å². The lowest BCUT2D eigenvalue weighted by Crippen LogP contribution is -2.32. The summed E-state index contributed by atoms with van der Waals surface area (Å²) in [5, 5.41) is 28.7. The molecule has 1 N–H and O–H groups in total. The molecule has 0 radical (unpaired) electrons. The van der Waals surface area contributed by atoms with Crippen LogP contribution in [0.5, 0.6) is 5.75 Å². The molecule has 9 heteroatoms. The molecule has 0 saturated carbocycles. The van der Waals surface area contributed by atoms with Crippen LogP contribution < -0.4 is 0 Å². The molecule has 0 unspecified atom stereocenters. The molecule has 0 amide bonds. The molecular weight excluding hydrogens is 286 g/mol. The van der Waals surface area contributed by atoms with E-state index in [1.807, 2.05) is 0 Å². The standard InChI is InChI=1S/C11H13N3O5S/c1-2-6-13(7-5-12)20(18,19)9-3-4-11(15)10(8-9)14(16)17/h3-4,8,15H,2,6-7H2,1H3. The molecule has 0 saturated heterocycles. The third kappa shape index (κ3) is 3.23. The predicted molar refractivity (Wildman–Crippen MR) is 69.4 cm³/mol. The number of hydrogen-bond donors (Lipinski definition) is 1. The summed E-state index contributed by atoms with van der Waals surface area (Å²) >= 11 is 0. The number of phenolic OH excluding ortho intramolecular Hbond substituents is 1. The van der Waals surface area contributed by atoms with Gasteiger partial charge in [-0.05, 0) is 18.6 Å². The molecular formula is C11H13N3O5S. The first-order valence-corrected chi connectivity index (χ1v) is 7.13. The molecule has 0 atom stereocenters. The Bertz CT molecular complexity index is 651. The first-order valence-electron chi connectivity index (χ1n) is 5.69. The lowest BCUT2D eigenvalue weighted by Gasteiger charge is -2.18. The molecule has 8 nitrogen and oxygen atoms in total. The molecule has 1 aromatic rings. The number of nitrogens with zero attached hydrogens (tertiary/aromatic N) is 3. The van der Waals surface area contributed by atoms with Crippen molar-refractivity contribution in [1.82, 2.24) is 4.31 Å². The van der Waals surface area contributed by atoms with Crippen molar-refractivity contribution in [2.75, 3.05) is 13.1 Å². The summed E-state index contributed by atoms with van der Waals surface area (Å²) in [4.78, 5) is 9.51. The van der Waals surface area contributed by atoms with Gasteiger partial charge in [0, 0.05) is 12.6 Å². The average Bonchev–Trinajstić information content (AvgIpc) is 2.38. The van der Waals surface area contributed by atoms with Crippen molar-refractivity contribution < 1.29 is 18.4 Å². The Labute approximate surface area is 116 Å². The molecule has 0 fully saturated rings. The van der Waals surface area contributed by atoms with E-state index < -0.39 is 26.4 Å². The highest BCUT2D eigenvalue weighted by atomic mass is 32.2. The fourth-order valence-electron chi connectivity index (χ4n) is 1.57. The maximum Gasteiger partial charge on any atom is 0.312 e. The summed E-state index contributed by atoms with van der Waals surface area (Å²) in [5.41, 5.74) is -0.695. The topological polar surface area (TPSA) is 125 Å². The summed E-state index contributed by atoms with van der Waals surface area (Å²) in [6.07, 6.45) is 0.501. The van der Waals surface area contributed by atoms with Crippen LogP contribution in [-0.4, -0.2) is 35.8 Å². The van der Waals surface area contributed by atoms with Gasteiger partial charge in [-0.2, -0.15) is 9.57 Å². The van der Waals surface area contributed by atoms with Gasteiger partial charge < -0.3 is 5.11 Å². The lowest BCUT2D eigenvalue weighted by molar-refractivity contribution is -0.386. The van der Waals surface area contributed by atoms with Crippen LogP contribution in [-0.2, 0) is 10.0 Å². The lowest BCUT2D eigenvalue weighted by atomic mass is 10.3. The first-order chi connectivity index (χ1) is 9.34. The van der Waals surface area contributed by atoms with E-state index in [-0.39, 0.29) is 18.0 Å². The van der Waals surface area contributed by atoms with Crippen molar-refractivity contribution in [2.45, 2.75) is 18.2 Å². The number of rotatable bonds is 6. The van der Waals surface area contributed by atoms with Gasteiger partial charge in [0.2, 0.25) is 10.0 Å². The number of nitro benzene ring substituents is 1. The van der Waals surface area contributed by atoms with Gasteiger partial charge in [-0.1, -0.05) is 6.92 Å². The highest BCUT2D eigenvalue weighted by Gasteiger charge is 2.26. The minimum Gasteiger partial charge on any atom is -0.502 e. The van der Waals surface area contributed by atoms with Gasteiger partial charge in [-0.25, -0.2) is 8.42 Å². The Kier molecular flexibility index (Phi) is 5.01. The van der Waals surface area contributed by atoms with E-state index in [4.69, 9.17) is 5.26 Å². The Morgan fingerprint density at radius 3 is 2.65 bits per heavy atom. The van der Waals surface area contributed by atoms with Crippen LogP contribution in [0.15, 0.2) is 23.1 Å². The monoisotopic (exact) mass is 299 g/mol. The molecule has 0 aliphatic carbocycles. The zero-order chi connectivity index (χ0) is 15.3. The number of hydrogen-bond acceptors (Lipinski definition) is 6. The predicted octanol–water partition coefficient (Wildman–Crippen LogP) is 1.22. The van der Waals surface area contributed by atoms with Crippen molar-refractivity contribution in [2.24, 2.45) is 0 Å². The third-order valence-electron chi connectivity index (χ3n) is 2.50. The van der Waals surface area contributed by atoms with Gasteiger partial charge in [0.05, 0.1) is 15.9 Å². The van der Waals surface area contributed by atoms with Crippen LogP contribution in [0, 0.1) is 21.4 Å². The van der Waals surface area contributed by atoms with Gasteiger partial charge in [-0.15, -0.1) is 0 Å². The number of aromatic hydroxyl groups is 1. The van der Waals surface area contributed by atoms with Crippen molar-refractivity contribution in [1.29, 1.82) is 5.26 Å². The van der Waals surface area contributed by atoms with E-state index in [9.17, 15) is 23.6 Å². The zero-order valence-corrected chi connectivity index (χ0v) is 11.5. The molecule has 0 bridgehead atoms. The smallest absolute Gasteiger partial charge is 0.312 e. The number of benzene rings is 1. The van der Waals surface area contributed by atoms with Crippen LogP contribution in [0.4, 0.5) is 5.69 Å². The van der Waals surface area contributed by atoms with Gasteiger partial charge >= 0.3 is 5.69 Å². The molecule has 0 aliphatic heterocycles. The first kappa shape index (κ1) is 15.9. The Morgan fingerprint density at radius 1 is 1.50 bits per heavy atom. The van der Waals surface area contributed by atoms with Gasteiger partial charge in [0.1, 0.15) is 6.54 Å². The van der Waals surface area contributed by atoms with E-state index in [1.54, 1.807) is 13.0 Å². The van der Waals surface area contributed by atoms with Crippen molar-refractivity contribution in [3.05, 3.63) is 28.3 Å². The number of nitro groups is 1. The summed E-state index contributed by atoms with van der Waals surface area (Å²) in [5.74, 6) is -0.615. The highest BCUT2D eigenvalue weighted by Crippen LogP contribution is 2.29. The van der Waals surface area contributed by atoms with Crippen LogP contribution in [0.3, 0.4) is 0 Å². The van der Waals surface area contributed by atoms with E-state index in [0.29, 0.717) is 6.42 Å². The van der Waals surface area contributed by atoms with E-state index in [1.165, 1.54) is 0 Å². The molecule has 108 valence electrons. The molecule has 0 heterocycles. The summed E-state index contributed by atoms with van der Waals surface area (Å²) in [6.45, 7) is 1.54. The van der Waals surface area contributed by atoms with Crippen LogP contribution in [0.2, 0.25) is 0 Å². The van der Waals surface area contributed by atoms with Crippen LogP contribution in [0.25, 0.3) is 0 Å². The van der Waals surface area contributed by atoms with E-state index in [0.717, 1.165) is 22.5 Å². The fourth-order valence-corrected chi connectivity index (χ4v) is 3.02. The van der Waals surface area contributed by atoms with E-state index in [2.05, 4.69) is 0 Å².